The molecule has 0 aliphatic carbocycles. The van der Waals surface area contributed by atoms with Gasteiger partial charge in [-0.1, -0.05) is 48.5 Å². The number of rotatable bonds is 4. The van der Waals surface area contributed by atoms with Crippen LogP contribution < -0.4 is 5.11 Å². The summed E-state index contributed by atoms with van der Waals surface area (Å²) in [5.74, 6) is 0.0718. The van der Waals surface area contributed by atoms with Crippen LogP contribution in [-0.2, 0) is 30.5 Å². The smallest absolute Gasteiger partial charge is 0.485 e. The van der Waals surface area contributed by atoms with E-state index in [1.807, 2.05) is 97.9 Å². The molecule has 5 aromatic heterocycles. The zero-order valence-electron chi connectivity index (χ0n) is 26.0. The molecular formula is C32H25BF3N9O4PdS-4. The van der Waals surface area contributed by atoms with Crippen LogP contribution in [0.5, 0.6) is 5.75 Å². The number of aromatic nitrogens is 9. The van der Waals surface area contributed by atoms with E-state index < -0.39 is 22.3 Å². The molecule has 8 rings (SSSR count). The number of fused-ring (bicyclic) bond motifs is 3. The van der Waals surface area contributed by atoms with Gasteiger partial charge in [0, 0.05) is 51.4 Å². The maximum absolute atomic E-state index is 10.7. The van der Waals surface area contributed by atoms with E-state index in [2.05, 4.69) is 55.7 Å². The van der Waals surface area contributed by atoms with Crippen LogP contribution in [0.15, 0.2) is 153 Å². The number of para-hydroxylation sites is 1. The Hall–Kier alpha value is -5.60. The fraction of sp³-hybridized carbons (Fsp3) is 0.0312. The van der Waals surface area contributed by atoms with Crippen molar-refractivity contribution in [3.8, 4) is 5.75 Å². The number of hydrogen-bond donors (Lipinski definition) is 0. The molecule has 0 saturated heterocycles. The molecule has 0 unspecified atom stereocenters. The fourth-order valence-electron chi connectivity index (χ4n) is 4.82. The van der Waals surface area contributed by atoms with Crippen molar-refractivity contribution in [3.05, 3.63) is 159 Å². The van der Waals surface area contributed by atoms with E-state index in [4.69, 9.17) is 13.0 Å². The average molecular weight is 806 g/mol. The van der Waals surface area contributed by atoms with Crippen LogP contribution in [0.3, 0.4) is 0 Å². The molecule has 0 N–H and O–H groups in total. The molecule has 0 spiro atoms. The Morgan fingerprint density at radius 2 is 1.08 bits per heavy atom. The van der Waals surface area contributed by atoms with Gasteiger partial charge in [0.15, 0.2) is 10.1 Å². The molecule has 3 aromatic carbocycles. The molecular weight excluding hydrogens is 781 g/mol. The van der Waals surface area contributed by atoms with Gasteiger partial charge in [-0.25, -0.2) is 28.8 Å². The number of benzene rings is 3. The van der Waals surface area contributed by atoms with E-state index in [-0.39, 0.29) is 26.2 Å². The minimum atomic E-state index is -6.09. The minimum absolute atomic E-state index is 0. The molecule has 0 atom stereocenters. The van der Waals surface area contributed by atoms with Crippen molar-refractivity contribution >= 4 is 38.5 Å². The van der Waals surface area contributed by atoms with Crippen molar-refractivity contribution in [2.75, 3.05) is 0 Å². The van der Waals surface area contributed by atoms with E-state index in [1.54, 1.807) is 36.9 Å². The molecule has 0 aliphatic heterocycles. The van der Waals surface area contributed by atoms with Crippen molar-refractivity contribution in [3.63, 3.8) is 0 Å². The monoisotopic (exact) mass is 805 g/mol. The molecule has 0 amide bonds. The Morgan fingerprint density at radius 3 is 1.47 bits per heavy atom. The summed E-state index contributed by atoms with van der Waals surface area (Å²) in [4.78, 5) is 4.38. The summed E-state index contributed by atoms with van der Waals surface area (Å²) < 4.78 is 66.2. The molecule has 266 valence electrons. The van der Waals surface area contributed by atoms with Crippen LogP contribution in [0.1, 0.15) is 0 Å². The maximum Gasteiger partial charge on any atom is 0.485 e. The largest absolute Gasteiger partial charge is 0.872 e. The predicted octanol–water partition coefficient (Wildman–Crippen LogP) is 4.40. The predicted molar refractivity (Wildman–Crippen MR) is 176 cm³/mol. The van der Waals surface area contributed by atoms with Gasteiger partial charge in [0.05, 0.1) is 0 Å². The topological polar surface area (TPSA) is 164 Å². The van der Waals surface area contributed by atoms with Gasteiger partial charge in [0.25, 0.3) is 0 Å². The second kappa shape index (κ2) is 16.9. The van der Waals surface area contributed by atoms with Gasteiger partial charge in [0.2, 0.25) is 0 Å². The summed E-state index contributed by atoms with van der Waals surface area (Å²) in [5, 5.41) is 31.4. The van der Waals surface area contributed by atoms with E-state index >= 15 is 0 Å². The molecule has 5 heterocycles. The van der Waals surface area contributed by atoms with Crippen LogP contribution in [0.4, 0.5) is 13.2 Å². The van der Waals surface area contributed by atoms with Crippen LogP contribution in [-0.4, -0.2) is 68.9 Å². The number of pyridine rings is 1. The first kappa shape index (κ1) is 38.2. The Balaban J connectivity index is 0.000000168. The van der Waals surface area contributed by atoms with Crippen molar-refractivity contribution in [2.24, 2.45) is 0 Å². The van der Waals surface area contributed by atoms with E-state index in [0.717, 1.165) is 10.9 Å². The molecule has 0 radical (unpaired) electrons. The standard InChI is InChI=1S/C13H8N.C12H12BN8.C6H6O.CHF3O3S.Pd/c1-2-6-12-10(4-1)7-8-11-5-3-9-14-13(11)12;1-5-14-18(9-1)13(19-10-2-6-15-19,20-11-3-7-16-20)21-12-4-8-17-21;7-6-4-2-1-3-5-6;2-1(3,4)8(5,6)7;/h1-5,7-9H;1-12H;1-5,7H;(H,5,6,7);/q2*-1;;;/p-2. The molecule has 0 aliphatic rings. The summed E-state index contributed by atoms with van der Waals surface area (Å²) in [6, 6.07) is 33.3. The summed E-state index contributed by atoms with van der Waals surface area (Å²) in [6.45, 7) is -1.83. The first-order valence-electron chi connectivity index (χ1n) is 14.5. The second-order valence-corrected chi connectivity index (χ2v) is 11.5. The average Bonchev–Trinajstić information content (AvgIpc) is 3.96. The number of halogens is 3. The van der Waals surface area contributed by atoms with Gasteiger partial charge in [0.1, 0.15) is 0 Å². The third kappa shape index (κ3) is 8.96. The van der Waals surface area contributed by atoms with Crippen molar-refractivity contribution in [1.29, 1.82) is 0 Å². The SMILES string of the molecule is O=S(=O)([O-])C(F)(F)F.[O-]c1ccccc1.[Pd].[c-]1cccc2ccc3cccnc3c12.c1cnn([B-](n2cccn2)(n2cccn2)n2cccn2)c1. The quantitative estimate of drug-likeness (QED) is 0.0825. The normalized spacial score (nSPS) is 11.2. The van der Waals surface area contributed by atoms with Gasteiger partial charge in [-0.05, 0) is 66.0 Å². The van der Waals surface area contributed by atoms with Crippen molar-refractivity contribution < 1.29 is 51.7 Å². The Morgan fingerprint density at radius 1 is 0.627 bits per heavy atom. The van der Waals surface area contributed by atoms with E-state index in [0.29, 0.717) is 0 Å². The summed E-state index contributed by atoms with van der Waals surface area (Å²) in [6.07, 6.45) is 16.3. The fourth-order valence-corrected chi connectivity index (χ4v) is 4.82. The molecule has 51 heavy (non-hydrogen) atoms. The van der Waals surface area contributed by atoms with Crippen molar-refractivity contribution in [1.82, 2.24) is 43.7 Å². The zero-order valence-corrected chi connectivity index (χ0v) is 28.4. The molecule has 13 nitrogen and oxygen atoms in total. The number of nitrogens with zero attached hydrogens (tertiary/aromatic N) is 9. The zero-order chi connectivity index (χ0) is 35.6. The van der Waals surface area contributed by atoms with E-state index in [1.165, 1.54) is 22.9 Å². The van der Waals surface area contributed by atoms with E-state index in [9.17, 15) is 18.3 Å². The molecule has 19 heteroatoms. The minimum Gasteiger partial charge on any atom is -0.872 e. The number of alkyl halides is 3. The Labute approximate surface area is 303 Å². The molecule has 0 saturated carbocycles. The van der Waals surface area contributed by atoms with Gasteiger partial charge < -0.3 is 33.0 Å². The van der Waals surface area contributed by atoms with Gasteiger partial charge in [-0.15, -0.1) is 40.8 Å². The van der Waals surface area contributed by atoms with Crippen LogP contribution in [0.2, 0.25) is 0 Å². The van der Waals surface area contributed by atoms with Crippen LogP contribution in [0.25, 0.3) is 21.7 Å². The van der Waals surface area contributed by atoms with Gasteiger partial charge in [-0.2, -0.15) is 13.2 Å². The Kier molecular flexibility index (Phi) is 12.6. The summed E-state index contributed by atoms with van der Waals surface area (Å²) in [7, 11) is -6.09. The maximum atomic E-state index is 10.7. The van der Waals surface area contributed by atoms with Gasteiger partial charge in [-0.3, -0.25) is 0 Å². The third-order valence-corrected chi connectivity index (χ3v) is 7.52. The molecule has 0 bridgehead atoms. The third-order valence-electron chi connectivity index (χ3n) is 6.95. The van der Waals surface area contributed by atoms with Gasteiger partial charge >= 0.3 is 12.2 Å². The summed E-state index contributed by atoms with van der Waals surface area (Å²) in [5.41, 5.74) is -4.61. The second-order valence-electron chi connectivity index (χ2n) is 10.1. The molecule has 8 aromatic rings. The Bertz CT molecular complexity index is 2120. The number of hydrogen-bond acceptors (Lipinski definition) is 9. The first-order chi connectivity index (χ1) is 24.0. The van der Waals surface area contributed by atoms with Crippen LogP contribution >= 0.6 is 0 Å². The molecule has 0 fully saturated rings. The van der Waals surface area contributed by atoms with Crippen LogP contribution in [0, 0.1) is 6.07 Å². The van der Waals surface area contributed by atoms with Crippen molar-refractivity contribution in [2.45, 2.75) is 5.51 Å². The first-order valence-corrected chi connectivity index (χ1v) is 16.0. The summed E-state index contributed by atoms with van der Waals surface area (Å²) >= 11 is 0.